The van der Waals surface area contributed by atoms with Gasteiger partial charge >= 0.3 is 5.97 Å². The Bertz CT molecular complexity index is 546. The number of carboxylic acids is 1. The lowest BCUT2D eigenvalue weighted by molar-refractivity contribution is -0.142. The van der Waals surface area contributed by atoms with Crippen molar-refractivity contribution in [2.75, 3.05) is 4.90 Å². The molecule has 0 radical (unpaired) electrons. The Balaban J connectivity index is 2.72. The first-order valence-corrected chi connectivity index (χ1v) is 7.22. The van der Waals surface area contributed by atoms with E-state index < -0.39 is 11.5 Å². The molecule has 0 aromatic heterocycles. The standard InChI is InChI=1S/C17H25NO2/c1-11-8-7-9-13-12(2)10-16(3,4)18(14(11)13)17(5,6)15(19)20/h7-9,12H,10H2,1-6H3,(H,19,20)/t12-/m1/s1. The van der Waals surface area contributed by atoms with Crippen LogP contribution < -0.4 is 4.90 Å². The summed E-state index contributed by atoms with van der Waals surface area (Å²) in [6.45, 7) is 12.2. The molecule has 0 fully saturated rings. The fourth-order valence-corrected chi connectivity index (χ4v) is 3.77. The highest BCUT2D eigenvalue weighted by atomic mass is 16.4. The van der Waals surface area contributed by atoms with Gasteiger partial charge in [0.15, 0.2) is 0 Å². The predicted molar refractivity (Wildman–Crippen MR) is 82.5 cm³/mol. The summed E-state index contributed by atoms with van der Waals surface area (Å²) in [7, 11) is 0. The molecule has 1 heterocycles. The number of fused-ring (bicyclic) bond motifs is 1. The van der Waals surface area contributed by atoms with E-state index in [0.717, 1.165) is 17.7 Å². The maximum Gasteiger partial charge on any atom is 0.328 e. The Kier molecular flexibility index (Phi) is 3.35. The zero-order valence-corrected chi connectivity index (χ0v) is 13.3. The molecule has 1 aliphatic rings. The van der Waals surface area contributed by atoms with Crippen molar-refractivity contribution in [1.29, 1.82) is 0 Å². The van der Waals surface area contributed by atoms with Gasteiger partial charge < -0.3 is 10.0 Å². The van der Waals surface area contributed by atoms with Gasteiger partial charge in [-0.3, -0.25) is 0 Å². The van der Waals surface area contributed by atoms with Gasteiger partial charge in [0.25, 0.3) is 0 Å². The van der Waals surface area contributed by atoms with Crippen molar-refractivity contribution in [3.8, 4) is 0 Å². The molecule has 0 unspecified atom stereocenters. The molecule has 0 saturated heterocycles. The highest BCUT2D eigenvalue weighted by Gasteiger charge is 2.47. The molecule has 1 aromatic carbocycles. The van der Waals surface area contributed by atoms with Crippen molar-refractivity contribution < 1.29 is 9.90 Å². The minimum atomic E-state index is -0.926. The summed E-state index contributed by atoms with van der Waals surface area (Å²) in [5.41, 5.74) is 2.41. The third-order valence-corrected chi connectivity index (χ3v) is 4.52. The molecular weight excluding hydrogens is 250 g/mol. The molecule has 1 atom stereocenters. The van der Waals surface area contributed by atoms with Gasteiger partial charge in [0, 0.05) is 11.2 Å². The molecule has 1 aliphatic heterocycles. The second-order valence-electron chi connectivity index (χ2n) is 7.13. The minimum absolute atomic E-state index is 0.180. The van der Waals surface area contributed by atoms with Gasteiger partial charge in [0.2, 0.25) is 0 Å². The molecule has 0 bridgehead atoms. The summed E-state index contributed by atoms with van der Waals surface area (Å²) >= 11 is 0. The second kappa shape index (κ2) is 4.51. The number of nitrogens with zero attached hydrogens (tertiary/aromatic N) is 1. The number of hydrogen-bond donors (Lipinski definition) is 1. The van der Waals surface area contributed by atoms with E-state index in [1.165, 1.54) is 5.56 Å². The van der Waals surface area contributed by atoms with Gasteiger partial charge in [0.05, 0.1) is 0 Å². The molecule has 0 aliphatic carbocycles. The van der Waals surface area contributed by atoms with Crippen LogP contribution in [0.15, 0.2) is 18.2 Å². The van der Waals surface area contributed by atoms with Crippen LogP contribution in [0.3, 0.4) is 0 Å². The smallest absolute Gasteiger partial charge is 0.328 e. The van der Waals surface area contributed by atoms with Crippen LogP contribution in [0, 0.1) is 6.92 Å². The highest BCUT2D eigenvalue weighted by Crippen LogP contribution is 2.48. The molecule has 0 spiro atoms. The first-order chi connectivity index (χ1) is 9.09. The topological polar surface area (TPSA) is 40.5 Å². The van der Waals surface area contributed by atoms with Crippen LogP contribution in [0.1, 0.15) is 58.1 Å². The third kappa shape index (κ3) is 2.09. The highest BCUT2D eigenvalue weighted by molar-refractivity contribution is 5.85. The maximum absolute atomic E-state index is 11.8. The minimum Gasteiger partial charge on any atom is -0.480 e. The fourth-order valence-electron chi connectivity index (χ4n) is 3.77. The SMILES string of the molecule is Cc1cccc2c1N(C(C)(C)C(=O)O)C(C)(C)C[C@H]2C. The lowest BCUT2D eigenvalue weighted by Gasteiger charge is -2.54. The van der Waals surface area contributed by atoms with Crippen molar-refractivity contribution in [3.63, 3.8) is 0 Å². The van der Waals surface area contributed by atoms with E-state index in [1.54, 1.807) is 13.8 Å². The van der Waals surface area contributed by atoms with Crippen LogP contribution in [0.5, 0.6) is 0 Å². The molecule has 0 saturated carbocycles. The van der Waals surface area contributed by atoms with E-state index in [9.17, 15) is 9.90 Å². The zero-order chi connectivity index (χ0) is 15.3. The summed E-state index contributed by atoms with van der Waals surface area (Å²) in [5, 5.41) is 9.67. The largest absolute Gasteiger partial charge is 0.480 e. The molecule has 1 N–H and O–H groups in total. The first kappa shape index (κ1) is 14.9. The number of benzene rings is 1. The number of para-hydroxylation sites is 1. The van der Waals surface area contributed by atoms with Crippen LogP contribution in [-0.2, 0) is 4.79 Å². The van der Waals surface area contributed by atoms with Crippen molar-refractivity contribution in [2.24, 2.45) is 0 Å². The van der Waals surface area contributed by atoms with E-state index in [4.69, 9.17) is 0 Å². The van der Waals surface area contributed by atoms with Crippen LogP contribution >= 0.6 is 0 Å². The zero-order valence-electron chi connectivity index (χ0n) is 13.3. The van der Waals surface area contributed by atoms with Crippen molar-refractivity contribution in [3.05, 3.63) is 29.3 Å². The summed E-state index contributed by atoms with van der Waals surface area (Å²) in [6.07, 6.45) is 0.958. The van der Waals surface area contributed by atoms with Gasteiger partial charge in [-0.1, -0.05) is 25.1 Å². The maximum atomic E-state index is 11.8. The van der Waals surface area contributed by atoms with E-state index in [0.29, 0.717) is 5.92 Å². The summed E-state index contributed by atoms with van der Waals surface area (Å²) in [5.74, 6) is -0.338. The second-order valence-corrected chi connectivity index (χ2v) is 7.13. The number of carboxylic acid groups (broad SMARTS) is 1. The van der Waals surface area contributed by atoms with Crippen molar-refractivity contribution >= 4 is 11.7 Å². The molecule has 0 amide bonds. The van der Waals surface area contributed by atoms with Crippen LogP contribution in [0.25, 0.3) is 0 Å². The number of hydrogen-bond acceptors (Lipinski definition) is 2. The van der Waals surface area contributed by atoms with Crippen LogP contribution in [0.4, 0.5) is 5.69 Å². The fraction of sp³-hybridized carbons (Fsp3) is 0.588. The van der Waals surface area contributed by atoms with E-state index in [-0.39, 0.29) is 5.54 Å². The third-order valence-electron chi connectivity index (χ3n) is 4.52. The van der Waals surface area contributed by atoms with Crippen LogP contribution in [-0.4, -0.2) is 22.2 Å². The quantitative estimate of drug-likeness (QED) is 0.888. The first-order valence-electron chi connectivity index (χ1n) is 7.22. The molecule has 110 valence electrons. The number of rotatable bonds is 2. The average Bonchev–Trinajstić information content (AvgIpc) is 2.28. The Morgan fingerprint density at radius 1 is 1.40 bits per heavy atom. The lowest BCUT2D eigenvalue weighted by atomic mass is 9.76. The molecule has 3 heteroatoms. The van der Waals surface area contributed by atoms with E-state index in [1.807, 2.05) is 0 Å². The Morgan fingerprint density at radius 3 is 2.55 bits per heavy atom. The van der Waals surface area contributed by atoms with Crippen molar-refractivity contribution in [1.82, 2.24) is 0 Å². The molecular formula is C17H25NO2. The number of carbonyl (C=O) groups is 1. The summed E-state index contributed by atoms with van der Waals surface area (Å²) in [6, 6.07) is 6.26. The number of anilines is 1. The predicted octanol–water partition coefficient (Wildman–Crippen LogP) is 3.95. The van der Waals surface area contributed by atoms with E-state index in [2.05, 4.69) is 50.8 Å². The van der Waals surface area contributed by atoms with Gasteiger partial charge in [-0.05, 0) is 58.1 Å². The van der Waals surface area contributed by atoms with Crippen molar-refractivity contribution in [2.45, 2.75) is 65.0 Å². The average molecular weight is 275 g/mol. The summed E-state index contributed by atoms with van der Waals surface area (Å²) < 4.78 is 0. The normalized spacial score (nSPS) is 21.5. The Hall–Kier alpha value is -1.51. The Morgan fingerprint density at radius 2 is 2.00 bits per heavy atom. The van der Waals surface area contributed by atoms with Gasteiger partial charge in [0.1, 0.15) is 5.54 Å². The summed E-state index contributed by atoms with van der Waals surface area (Å²) in [4.78, 5) is 13.9. The monoisotopic (exact) mass is 275 g/mol. The molecule has 2 rings (SSSR count). The molecule has 3 nitrogen and oxygen atoms in total. The number of aryl methyl sites for hydroxylation is 1. The lowest BCUT2D eigenvalue weighted by Crippen LogP contribution is -2.62. The van der Waals surface area contributed by atoms with E-state index >= 15 is 0 Å². The van der Waals surface area contributed by atoms with Crippen LogP contribution in [0.2, 0.25) is 0 Å². The van der Waals surface area contributed by atoms with Gasteiger partial charge in [-0.15, -0.1) is 0 Å². The van der Waals surface area contributed by atoms with Gasteiger partial charge in [-0.25, -0.2) is 4.79 Å². The molecule has 1 aromatic rings. The molecule has 20 heavy (non-hydrogen) atoms. The van der Waals surface area contributed by atoms with Gasteiger partial charge in [-0.2, -0.15) is 0 Å². The number of aliphatic carboxylic acids is 1. The Labute approximate surface area is 121 Å².